The number of ketones is 1. The number of carbonyl (C=O) groups excluding carboxylic acids is 1. The van der Waals surface area contributed by atoms with E-state index in [1.54, 1.807) is 20.8 Å². The maximum absolute atomic E-state index is 12.5. The lowest BCUT2D eigenvalue weighted by Crippen LogP contribution is -2.47. The molecule has 0 radical (unpaired) electrons. The average molecular weight is 303 g/mol. The normalized spacial score (nSPS) is 12.1. The largest absolute Gasteiger partial charge is 0.465 e. The molecule has 6 nitrogen and oxygen atoms in total. The molecular formula is C16H21N3O3. The zero-order chi connectivity index (χ0) is 16.8. The third-order valence-corrected chi connectivity index (χ3v) is 3.22. The summed E-state index contributed by atoms with van der Waals surface area (Å²) in [6.45, 7) is 5.19. The summed E-state index contributed by atoms with van der Waals surface area (Å²) in [6.07, 6.45) is -0.442. The van der Waals surface area contributed by atoms with Crippen molar-refractivity contribution in [2.75, 3.05) is 0 Å². The van der Waals surface area contributed by atoms with Gasteiger partial charge in [-0.05, 0) is 39.2 Å². The number of benzene rings is 1. The number of Topliss-reactive ketones (excluding diaryl/α,β-unsaturated/α-hetero) is 1. The molecule has 22 heavy (non-hydrogen) atoms. The lowest BCUT2D eigenvalue weighted by molar-refractivity contribution is -0.120. The minimum Gasteiger partial charge on any atom is -0.465 e. The molecule has 1 aromatic rings. The van der Waals surface area contributed by atoms with E-state index in [4.69, 9.17) is 10.6 Å². The van der Waals surface area contributed by atoms with Crippen molar-refractivity contribution in [2.24, 2.45) is 5.41 Å². The van der Waals surface area contributed by atoms with Crippen molar-refractivity contribution in [3.05, 3.63) is 41.4 Å². The monoisotopic (exact) mass is 303 g/mol. The Labute approximate surface area is 129 Å². The van der Waals surface area contributed by atoms with Gasteiger partial charge in [0.1, 0.15) is 6.04 Å². The number of rotatable bonds is 6. The quantitative estimate of drug-likeness (QED) is 0.479. The fourth-order valence-corrected chi connectivity index (χ4v) is 2.11. The van der Waals surface area contributed by atoms with Gasteiger partial charge in [-0.2, -0.15) is 4.79 Å². The molecule has 0 aliphatic rings. The minimum absolute atomic E-state index is 0.0423. The van der Waals surface area contributed by atoms with Gasteiger partial charge in [-0.15, -0.1) is 0 Å². The van der Waals surface area contributed by atoms with Crippen LogP contribution in [0.3, 0.4) is 0 Å². The van der Waals surface area contributed by atoms with Gasteiger partial charge < -0.3 is 16.0 Å². The smallest absolute Gasteiger partial charge is 0.405 e. The van der Waals surface area contributed by atoms with Crippen molar-refractivity contribution in [2.45, 2.75) is 39.7 Å². The molecule has 0 saturated heterocycles. The number of carbonyl (C=O) groups is 2. The molecule has 0 aliphatic carbocycles. The van der Waals surface area contributed by atoms with E-state index in [1.165, 1.54) is 0 Å². The summed E-state index contributed by atoms with van der Waals surface area (Å²) >= 11 is 0. The van der Waals surface area contributed by atoms with E-state index in [0.29, 0.717) is 12.8 Å². The maximum atomic E-state index is 12.5. The molecular weight excluding hydrogens is 282 g/mol. The van der Waals surface area contributed by atoms with Crippen LogP contribution in [0.4, 0.5) is 4.79 Å². The van der Waals surface area contributed by atoms with E-state index in [-0.39, 0.29) is 5.71 Å². The van der Waals surface area contributed by atoms with Crippen LogP contribution in [0.25, 0.3) is 5.53 Å². The SMILES string of the molecule is CC(C)(C)C(=[N+]=[N-])C(=O)[C@H](CCc1ccccc1)NC(=O)O. The van der Waals surface area contributed by atoms with Crippen molar-refractivity contribution in [1.82, 2.24) is 5.32 Å². The Bertz CT molecular complexity index is 584. The number of amides is 1. The van der Waals surface area contributed by atoms with Gasteiger partial charge in [0.15, 0.2) is 0 Å². The van der Waals surface area contributed by atoms with Crippen molar-refractivity contribution >= 4 is 17.6 Å². The summed E-state index contributed by atoms with van der Waals surface area (Å²) in [7, 11) is 0. The Morgan fingerprint density at radius 1 is 1.27 bits per heavy atom. The first-order valence-corrected chi connectivity index (χ1v) is 7.06. The predicted molar refractivity (Wildman–Crippen MR) is 82.8 cm³/mol. The van der Waals surface area contributed by atoms with E-state index < -0.39 is 23.3 Å². The molecule has 1 rings (SSSR count). The molecule has 0 aliphatic heterocycles. The lowest BCUT2D eigenvalue weighted by atomic mass is 9.84. The molecule has 1 amide bonds. The van der Waals surface area contributed by atoms with Crippen LogP contribution in [0.5, 0.6) is 0 Å². The predicted octanol–water partition coefficient (Wildman–Crippen LogP) is 2.54. The number of carboxylic acid groups (broad SMARTS) is 1. The summed E-state index contributed by atoms with van der Waals surface area (Å²) in [5.41, 5.74) is 9.39. The molecule has 0 heterocycles. The average Bonchev–Trinajstić information content (AvgIpc) is 2.43. The summed E-state index contributed by atoms with van der Waals surface area (Å²) in [6, 6.07) is 8.53. The van der Waals surface area contributed by atoms with Crippen molar-refractivity contribution < 1.29 is 19.5 Å². The van der Waals surface area contributed by atoms with Crippen LogP contribution in [0.1, 0.15) is 32.8 Å². The number of hydrogen-bond donors (Lipinski definition) is 2. The van der Waals surface area contributed by atoms with Gasteiger partial charge in [0, 0.05) is 0 Å². The fourth-order valence-electron chi connectivity index (χ4n) is 2.11. The first kappa shape index (κ1) is 17.6. The second kappa shape index (κ2) is 7.52. The first-order chi connectivity index (χ1) is 10.3. The number of nitrogens with zero attached hydrogens (tertiary/aromatic N) is 2. The standard InChI is InChI=1S/C16H21N3O3/c1-16(2,3)14(19-17)13(20)12(18-15(21)22)10-9-11-7-5-4-6-8-11/h4-8,12,18H,9-10H2,1-3H3,(H,21,22)/t12-/m0/s1. The van der Waals surface area contributed by atoms with E-state index in [9.17, 15) is 9.59 Å². The first-order valence-electron chi connectivity index (χ1n) is 7.06. The van der Waals surface area contributed by atoms with Crippen molar-refractivity contribution in [1.29, 1.82) is 0 Å². The Kier molecular flexibility index (Phi) is 6.01. The van der Waals surface area contributed by atoms with Crippen LogP contribution in [0.2, 0.25) is 0 Å². The summed E-state index contributed by atoms with van der Waals surface area (Å²) in [5.74, 6) is -0.506. The highest BCUT2D eigenvalue weighted by molar-refractivity contribution is 6.41. The van der Waals surface area contributed by atoms with Gasteiger partial charge >= 0.3 is 11.8 Å². The zero-order valence-electron chi connectivity index (χ0n) is 13.0. The molecule has 1 aromatic carbocycles. The second-order valence-corrected chi connectivity index (χ2v) is 6.09. The van der Waals surface area contributed by atoms with Crippen molar-refractivity contribution in [3.8, 4) is 0 Å². The van der Waals surface area contributed by atoms with Gasteiger partial charge in [0.25, 0.3) is 5.78 Å². The Morgan fingerprint density at radius 2 is 1.86 bits per heavy atom. The lowest BCUT2D eigenvalue weighted by Gasteiger charge is -2.18. The third-order valence-electron chi connectivity index (χ3n) is 3.22. The summed E-state index contributed by atoms with van der Waals surface area (Å²) in [5, 5.41) is 11.1. The highest BCUT2D eigenvalue weighted by atomic mass is 16.4. The molecule has 6 heteroatoms. The van der Waals surface area contributed by atoms with E-state index >= 15 is 0 Å². The van der Waals surface area contributed by atoms with Gasteiger partial charge in [0.2, 0.25) is 0 Å². The molecule has 0 bridgehead atoms. The van der Waals surface area contributed by atoms with Crippen LogP contribution < -0.4 is 5.32 Å². The molecule has 0 spiro atoms. The second-order valence-electron chi connectivity index (χ2n) is 6.09. The van der Waals surface area contributed by atoms with E-state index in [2.05, 4.69) is 10.1 Å². The highest BCUT2D eigenvalue weighted by Gasteiger charge is 2.39. The van der Waals surface area contributed by atoms with Gasteiger partial charge in [-0.3, -0.25) is 4.79 Å². The van der Waals surface area contributed by atoms with Crippen LogP contribution in [-0.2, 0) is 11.2 Å². The topological polar surface area (TPSA) is 103 Å². The fraction of sp³-hybridized carbons (Fsp3) is 0.438. The van der Waals surface area contributed by atoms with Crippen LogP contribution in [-0.4, -0.2) is 33.5 Å². The van der Waals surface area contributed by atoms with Gasteiger partial charge in [-0.25, -0.2) is 4.79 Å². The zero-order valence-corrected chi connectivity index (χ0v) is 13.0. The van der Waals surface area contributed by atoms with Crippen LogP contribution in [0, 0.1) is 5.41 Å². The molecule has 2 N–H and O–H groups in total. The van der Waals surface area contributed by atoms with Gasteiger partial charge in [-0.1, -0.05) is 30.3 Å². The Hall–Kier alpha value is -2.46. The Morgan fingerprint density at radius 3 is 2.32 bits per heavy atom. The molecule has 0 fully saturated rings. The maximum Gasteiger partial charge on any atom is 0.405 e. The Balaban J connectivity index is 2.90. The number of hydrogen-bond acceptors (Lipinski definition) is 2. The summed E-state index contributed by atoms with van der Waals surface area (Å²) < 4.78 is 0. The van der Waals surface area contributed by atoms with E-state index in [0.717, 1.165) is 5.56 Å². The minimum atomic E-state index is -1.28. The van der Waals surface area contributed by atoms with Crippen molar-refractivity contribution in [3.63, 3.8) is 0 Å². The molecule has 0 aromatic heterocycles. The number of nitrogens with one attached hydrogen (secondary N) is 1. The highest BCUT2D eigenvalue weighted by Crippen LogP contribution is 2.17. The van der Waals surface area contributed by atoms with Crippen LogP contribution >= 0.6 is 0 Å². The van der Waals surface area contributed by atoms with Crippen LogP contribution in [0.15, 0.2) is 30.3 Å². The van der Waals surface area contributed by atoms with E-state index in [1.807, 2.05) is 30.3 Å². The molecule has 0 unspecified atom stereocenters. The van der Waals surface area contributed by atoms with Gasteiger partial charge in [0.05, 0.1) is 5.41 Å². The number of aryl methyl sites for hydroxylation is 1. The molecule has 0 saturated carbocycles. The molecule has 1 atom stereocenters. The molecule has 118 valence electrons. The third kappa shape index (κ3) is 5.14. The summed E-state index contributed by atoms with van der Waals surface area (Å²) in [4.78, 5) is 26.5.